The molecule has 0 radical (unpaired) electrons. The van der Waals surface area contributed by atoms with Gasteiger partial charge in [0.25, 0.3) is 0 Å². The number of carbonyl (C=O) groups is 1. The molecule has 5 nitrogen and oxygen atoms in total. The van der Waals surface area contributed by atoms with Crippen LogP contribution in [0.15, 0.2) is 18.2 Å². The third-order valence-electron chi connectivity index (χ3n) is 4.51. The summed E-state index contributed by atoms with van der Waals surface area (Å²) in [5, 5.41) is 6.45. The van der Waals surface area contributed by atoms with E-state index >= 15 is 0 Å². The minimum absolute atomic E-state index is 0.0216. The zero-order valence-corrected chi connectivity index (χ0v) is 16.4. The summed E-state index contributed by atoms with van der Waals surface area (Å²) in [6.07, 6.45) is -3.09. The molecule has 1 aromatic carbocycles. The molecule has 1 aliphatic rings. The molecule has 1 saturated carbocycles. The zero-order valence-electron chi connectivity index (χ0n) is 14.8. The Hall–Kier alpha value is -2.13. The van der Waals surface area contributed by atoms with Crippen molar-refractivity contribution in [3.8, 4) is 0 Å². The smallest absolute Gasteiger partial charge is 0.302 e. The monoisotopic (exact) mass is 428 g/mol. The number of aryl methyl sites for hydroxylation is 2. The molecule has 0 unspecified atom stereocenters. The first-order valence-corrected chi connectivity index (χ1v) is 9.92. The normalized spacial score (nSPS) is 14.6. The van der Waals surface area contributed by atoms with Crippen molar-refractivity contribution >= 4 is 44.2 Å². The van der Waals surface area contributed by atoms with Crippen molar-refractivity contribution < 1.29 is 18.0 Å². The van der Waals surface area contributed by atoms with Crippen molar-refractivity contribution in [1.82, 2.24) is 14.8 Å². The van der Waals surface area contributed by atoms with E-state index in [-0.39, 0.29) is 29.8 Å². The number of carbonyl (C=O) groups excluding carboxylic acids is 1. The standard InChI is InChI=1S/C18H16ClF3N4OS/c1-9-2-5-11-12(8-9)28-17(23-11)24-13(27)6-7-26-15(10-3-4-10)14(19)16(25-26)18(20,21)22/h2,5,8,10H,3-4,6-7H2,1H3,(H,23,24,27). The largest absolute Gasteiger partial charge is 0.436 e. The van der Waals surface area contributed by atoms with Crippen LogP contribution in [0.1, 0.15) is 42.1 Å². The van der Waals surface area contributed by atoms with E-state index in [1.807, 2.05) is 25.1 Å². The lowest BCUT2D eigenvalue weighted by molar-refractivity contribution is -0.141. The van der Waals surface area contributed by atoms with Crippen molar-refractivity contribution in [2.45, 2.75) is 44.8 Å². The van der Waals surface area contributed by atoms with Crippen LogP contribution < -0.4 is 5.32 Å². The lowest BCUT2D eigenvalue weighted by atomic mass is 10.2. The SMILES string of the molecule is Cc1ccc2nc(NC(=O)CCn3nc(C(F)(F)F)c(Cl)c3C3CC3)sc2c1. The van der Waals surface area contributed by atoms with Crippen molar-refractivity contribution in [3.63, 3.8) is 0 Å². The fourth-order valence-electron chi connectivity index (χ4n) is 3.03. The number of nitrogens with one attached hydrogen (secondary N) is 1. The average Bonchev–Trinajstić information content (AvgIpc) is 3.26. The molecule has 0 atom stereocenters. The summed E-state index contributed by atoms with van der Waals surface area (Å²) < 4.78 is 41.5. The number of anilines is 1. The van der Waals surface area contributed by atoms with Gasteiger partial charge < -0.3 is 5.32 Å². The molecule has 3 aromatic rings. The third-order valence-corrected chi connectivity index (χ3v) is 5.81. The number of nitrogens with zero attached hydrogens (tertiary/aromatic N) is 3. The van der Waals surface area contributed by atoms with E-state index in [0.29, 0.717) is 10.8 Å². The van der Waals surface area contributed by atoms with E-state index < -0.39 is 11.9 Å². The Morgan fingerprint density at radius 3 is 2.82 bits per heavy atom. The van der Waals surface area contributed by atoms with Gasteiger partial charge in [0.15, 0.2) is 10.8 Å². The number of fused-ring (bicyclic) bond motifs is 1. The fraction of sp³-hybridized carbons (Fsp3) is 0.389. The molecule has 10 heteroatoms. The number of hydrogen-bond acceptors (Lipinski definition) is 4. The van der Waals surface area contributed by atoms with Crippen molar-refractivity contribution in [1.29, 1.82) is 0 Å². The van der Waals surface area contributed by atoms with Gasteiger partial charge in [-0.1, -0.05) is 29.0 Å². The maximum absolute atomic E-state index is 13.1. The Bertz CT molecular complexity index is 1060. The van der Waals surface area contributed by atoms with Gasteiger partial charge in [-0.15, -0.1) is 0 Å². The highest BCUT2D eigenvalue weighted by Gasteiger charge is 2.42. The minimum atomic E-state index is -4.62. The Balaban J connectivity index is 1.47. The number of amides is 1. The van der Waals surface area contributed by atoms with Crippen molar-refractivity contribution in [3.05, 3.63) is 40.2 Å². The molecule has 0 saturated heterocycles. The predicted octanol–water partition coefficient (Wildman–Crippen LogP) is 5.38. The van der Waals surface area contributed by atoms with Crippen LogP contribution in [0.25, 0.3) is 10.2 Å². The highest BCUT2D eigenvalue weighted by Crippen LogP contribution is 2.46. The summed E-state index contributed by atoms with van der Waals surface area (Å²) in [5.41, 5.74) is 1.17. The average molecular weight is 429 g/mol. The molecular formula is C18H16ClF3N4OS. The molecule has 4 rings (SSSR count). The molecule has 1 N–H and O–H groups in total. The fourth-order valence-corrected chi connectivity index (χ4v) is 4.40. The highest BCUT2D eigenvalue weighted by molar-refractivity contribution is 7.22. The Morgan fingerprint density at radius 1 is 1.39 bits per heavy atom. The second kappa shape index (κ2) is 7.04. The van der Waals surface area contributed by atoms with Gasteiger partial charge in [0, 0.05) is 12.3 Å². The first-order valence-electron chi connectivity index (χ1n) is 8.73. The number of halogens is 4. The van der Waals surface area contributed by atoms with Crippen LogP contribution in [-0.2, 0) is 17.5 Å². The van der Waals surface area contributed by atoms with Crippen LogP contribution in [0.4, 0.5) is 18.3 Å². The van der Waals surface area contributed by atoms with Crippen LogP contribution in [0.3, 0.4) is 0 Å². The molecule has 2 heterocycles. The van der Waals surface area contributed by atoms with Gasteiger partial charge in [-0.2, -0.15) is 18.3 Å². The number of alkyl halides is 3. The van der Waals surface area contributed by atoms with E-state index in [9.17, 15) is 18.0 Å². The molecular weight excluding hydrogens is 413 g/mol. The third kappa shape index (κ3) is 3.86. The molecule has 0 spiro atoms. The van der Waals surface area contributed by atoms with Crippen LogP contribution in [0, 0.1) is 6.92 Å². The van der Waals surface area contributed by atoms with Gasteiger partial charge in [0.2, 0.25) is 5.91 Å². The summed E-state index contributed by atoms with van der Waals surface area (Å²) in [4.78, 5) is 16.6. The summed E-state index contributed by atoms with van der Waals surface area (Å²) in [6, 6.07) is 5.80. The summed E-state index contributed by atoms with van der Waals surface area (Å²) >= 11 is 7.29. The minimum Gasteiger partial charge on any atom is -0.302 e. The number of hydrogen-bond donors (Lipinski definition) is 1. The first-order chi connectivity index (χ1) is 13.2. The van der Waals surface area contributed by atoms with Gasteiger partial charge in [-0.3, -0.25) is 9.48 Å². The molecule has 0 aliphatic heterocycles. The Labute approximate surface area is 167 Å². The lowest BCUT2D eigenvalue weighted by Crippen LogP contribution is -2.16. The number of thiazole rings is 1. The van der Waals surface area contributed by atoms with E-state index in [1.165, 1.54) is 16.0 Å². The molecule has 28 heavy (non-hydrogen) atoms. The van der Waals surface area contributed by atoms with Crippen LogP contribution in [0.2, 0.25) is 5.02 Å². The van der Waals surface area contributed by atoms with Gasteiger partial charge in [0.1, 0.15) is 0 Å². The lowest BCUT2D eigenvalue weighted by Gasteiger charge is -2.06. The maximum atomic E-state index is 13.1. The summed E-state index contributed by atoms with van der Waals surface area (Å²) in [7, 11) is 0. The second-order valence-corrected chi connectivity index (χ2v) is 8.24. The zero-order chi connectivity index (χ0) is 20.1. The van der Waals surface area contributed by atoms with Gasteiger partial charge >= 0.3 is 6.18 Å². The number of aromatic nitrogens is 3. The molecule has 2 aromatic heterocycles. The van der Waals surface area contributed by atoms with Crippen molar-refractivity contribution in [2.24, 2.45) is 0 Å². The second-order valence-electron chi connectivity index (χ2n) is 6.83. The quantitative estimate of drug-likeness (QED) is 0.593. The van der Waals surface area contributed by atoms with Crippen LogP contribution >= 0.6 is 22.9 Å². The van der Waals surface area contributed by atoms with Gasteiger partial charge in [-0.05, 0) is 37.5 Å². The topological polar surface area (TPSA) is 59.8 Å². The summed E-state index contributed by atoms with van der Waals surface area (Å²) in [6.45, 7) is 2.00. The molecule has 1 fully saturated rings. The molecule has 1 aliphatic carbocycles. The van der Waals surface area contributed by atoms with Crippen LogP contribution in [-0.4, -0.2) is 20.7 Å². The maximum Gasteiger partial charge on any atom is 0.436 e. The van der Waals surface area contributed by atoms with Gasteiger partial charge in [-0.25, -0.2) is 4.98 Å². The molecule has 0 bridgehead atoms. The van der Waals surface area contributed by atoms with E-state index in [4.69, 9.17) is 11.6 Å². The number of rotatable bonds is 5. The van der Waals surface area contributed by atoms with Gasteiger partial charge in [0.05, 0.1) is 27.5 Å². The van der Waals surface area contributed by atoms with E-state index in [2.05, 4.69) is 15.4 Å². The van der Waals surface area contributed by atoms with Crippen molar-refractivity contribution in [2.75, 3.05) is 5.32 Å². The highest BCUT2D eigenvalue weighted by atomic mass is 35.5. The Kier molecular flexibility index (Phi) is 4.83. The van der Waals surface area contributed by atoms with E-state index in [1.54, 1.807) is 0 Å². The predicted molar refractivity (Wildman–Crippen MR) is 102 cm³/mol. The molecule has 1 amide bonds. The summed E-state index contributed by atoms with van der Waals surface area (Å²) in [5.74, 6) is -0.357. The first kappa shape index (κ1) is 19.2. The Morgan fingerprint density at radius 2 is 2.14 bits per heavy atom. The van der Waals surface area contributed by atoms with Crippen LogP contribution in [0.5, 0.6) is 0 Å². The number of benzene rings is 1. The van der Waals surface area contributed by atoms with E-state index in [0.717, 1.165) is 28.6 Å². The molecule has 148 valence electrons.